The fourth-order valence-electron chi connectivity index (χ4n) is 1.99. The third kappa shape index (κ3) is 2.81. The normalized spacial score (nSPS) is 24.3. The summed E-state index contributed by atoms with van der Waals surface area (Å²) >= 11 is 0. The van der Waals surface area contributed by atoms with Gasteiger partial charge in [0.15, 0.2) is 0 Å². The van der Waals surface area contributed by atoms with Crippen LogP contribution in [0.15, 0.2) is 30.3 Å². The zero-order chi connectivity index (χ0) is 11.4. The van der Waals surface area contributed by atoms with Crippen molar-refractivity contribution in [2.24, 2.45) is 5.92 Å². The molecule has 0 radical (unpaired) electrons. The lowest BCUT2D eigenvalue weighted by atomic mass is 10.1. The first kappa shape index (κ1) is 11.1. The van der Waals surface area contributed by atoms with Gasteiger partial charge in [0.25, 0.3) is 0 Å². The van der Waals surface area contributed by atoms with Gasteiger partial charge >= 0.3 is 5.97 Å². The van der Waals surface area contributed by atoms with Crippen LogP contribution < -0.4 is 0 Å². The largest absolute Gasteiger partial charge is 0.461 e. The molecule has 2 rings (SSSR count). The quantitative estimate of drug-likeness (QED) is 0.735. The van der Waals surface area contributed by atoms with Gasteiger partial charge in [-0.3, -0.25) is 4.79 Å². The number of ether oxygens (including phenoxy) is 1. The van der Waals surface area contributed by atoms with Crippen molar-refractivity contribution in [1.29, 1.82) is 0 Å². The summed E-state index contributed by atoms with van der Waals surface area (Å²) in [4.78, 5) is 11.6. The summed E-state index contributed by atoms with van der Waals surface area (Å²) in [6.45, 7) is 0.285. The van der Waals surface area contributed by atoms with Crippen molar-refractivity contribution in [3.05, 3.63) is 35.9 Å². The van der Waals surface area contributed by atoms with Crippen molar-refractivity contribution in [3.8, 4) is 0 Å². The highest BCUT2D eigenvalue weighted by Crippen LogP contribution is 2.28. The Morgan fingerprint density at radius 2 is 2.06 bits per heavy atom. The van der Waals surface area contributed by atoms with E-state index in [1.807, 2.05) is 30.3 Å². The van der Waals surface area contributed by atoms with Crippen molar-refractivity contribution >= 4 is 5.97 Å². The van der Waals surface area contributed by atoms with E-state index in [4.69, 9.17) is 4.74 Å². The molecule has 0 bridgehead atoms. The molecule has 3 heteroatoms. The molecule has 0 N–H and O–H groups in total. The molecule has 0 aliphatic heterocycles. The van der Waals surface area contributed by atoms with Crippen molar-refractivity contribution in [2.45, 2.75) is 32.0 Å². The predicted octanol–water partition coefficient (Wildman–Crippen LogP) is 2.87. The second-order valence-corrected chi connectivity index (χ2v) is 4.20. The molecule has 2 nitrogen and oxygen atoms in total. The second-order valence-electron chi connectivity index (χ2n) is 4.20. The molecule has 1 aromatic rings. The van der Waals surface area contributed by atoms with Crippen molar-refractivity contribution < 1.29 is 13.9 Å². The maximum Gasteiger partial charge on any atom is 0.309 e. The second kappa shape index (κ2) is 5.10. The van der Waals surface area contributed by atoms with E-state index in [0.717, 1.165) is 5.56 Å². The van der Waals surface area contributed by atoms with Gasteiger partial charge in [0.05, 0.1) is 5.92 Å². The molecular weight excluding hydrogens is 207 g/mol. The maximum atomic E-state index is 12.9. The van der Waals surface area contributed by atoms with Crippen molar-refractivity contribution in [2.75, 3.05) is 0 Å². The number of carbonyl (C=O) groups excluding carboxylic acids is 1. The number of rotatable bonds is 3. The number of esters is 1. The van der Waals surface area contributed by atoms with Crippen LogP contribution in [0.25, 0.3) is 0 Å². The summed E-state index contributed by atoms with van der Waals surface area (Å²) in [6, 6.07) is 9.52. The molecule has 2 atom stereocenters. The maximum absolute atomic E-state index is 12.9. The Hall–Kier alpha value is -1.38. The Labute approximate surface area is 94.4 Å². The Morgan fingerprint density at radius 1 is 1.31 bits per heavy atom. The standard InChI is InChI=1S/C13H15FO2/c14-12-7-6-11(8-12)13(15)16-9-10-4-2-1-3-5-10/h1-5,11-12H,6-9H2. The average Bonchev–Trinajstić information content (AvgIpc) is 2.74. The van der Waals surface area contributed by atoms with E-state index in [2.05, 4.69) is 0 Å². The van der Waals surface area contributed by atoms with Gasteiger partial charge < -0.3 is 4.74 Å². The van der Waals surface area contributed by atoms with Crippen LogP contribution in [0, 0.1) is 5.92 Å². The first-order valence-corrected chi connectivity index (χ1v) is 5.60. The number of hydrogen-bond donors (Lipinski definition) is 0. The highest BCUT2D eigenvalue weighted by molar-refractivity contribution is 5.72. The molecule has 0 spiro atoms. The van der Waals surface area contributed by atoms with E-state index < -0.39 is 6.17 Å². The summed E-state index contributed by atoms with van der Waals surface area (Å²) in [5.41, 5.74) is 0.964. The zero-order valence-electron chi connectivity index (χ0n) is 9.06. The third-order valence-electron chi connectivity index (χ3n) is 2.93. The van der Waals surface area contributed by atoms with Gasteiger partial charge in [-0.25, -0.2) is 4.39 Å². The highest BCUT2D eigenvalue weighted by Gasteiger charge is 2.30. The topological polar surface area (TPSA) is 26.3 Å². The lowest BCUT2D eigenvalue weighted by molar-refractivity contribution is -0.149. The highest BCUT2D eigenvalue weighted by atomic mass is 19.1. The molecule has 16 heavy (non-hydrogen) atoms. The third-order valence-corrected chi connectivity index (χ3v) is 2.93. The number of hydrogen-bond acceptors (Lipinski definition) is 2. The molecule has 1 saturated carbocycles. The Bertz CT molecular complexity index is 350. The van der Waals surface area contributed by atoms with Gasteiger partial charge in [0.2, 0.25) is 0 Å². The first-order chi connectivity index (χ1) is 7.75. The summed E-state index contributed by atoms with van der Waals surface area (Å²) in [5.74, 6) is -0.497. The molecule has 1 aliphatic carbocycles. The lowest BCUT2D eigenvalue weighted by Gasteiger charge is -2.09. The molecule has 0 heterocycles. The van der Waals surface area contributed by atoms with E-state index in [1.54, 1.807) is 0 Å². The van der Waals surface area contributed by atoms with Gasteiger partial charge in [-0.1, -0.05) is 30.3 Å². The van der Waals surface area contributed by atoms with Crippen LogP contribution >= 0.6 is 0 Å². The first-order valence-electron chi connectivity index (χ1n) is 5.60. The van der Waals surface area contributed by atoms with E-state index in [-0.39, 0.29) is 18.5 Å². The SMILES string of the molecule is O=C(OCc1ccccc1)C1CCC(F)C1. The Kier molecular flexibility index (Phi) is 3.54. The molecule has 0 aromatic heterocycles. The average molecular weight is 222 g/mol. The minimum Gasteiger partial charge on any atom is -0.461 e. The summed E-state index contributed by atoms with van der Waals surface area (Å²) in [7, 11) is 0. The van der Waals surface area contributed by atoms with E-state index >= 15 is 0 Å². The van der Waals surface area contributed by atoms with Crippen molar-refractivity contribution in [1.82, 2.24) is 0 Å². The van der Waals surface area contributed by atoms with Crippen LogP contribution in [0.2, 0.25) is 0 Å². The van der Waals surface area contributed by atoms with Gasteiger partial charge in [-0.2, -0.15) is 0 Å². The predicted molar refractivity (Wildman–Crippen MR) is 58.5 cm³/mol. The van der Waals surface area contributed by atoms with Crippen LogP contribution in [0.1, 0.15) is 24.8 Å². The summed E-state index contributed by atoms with van der Waals surface area (Å²) in [6.07, 6.45) is 0.613. The van der Waals surface area contributed by atoms with Crippen LogP contribution in [-0.4, -0.2) is 12.1 Å². The summed E-state index contributed by atoms with van der Waals surface area (Å²) in [5, 5.41) is 0. The Balaban J connectivity index is 1.80. The number of carbonyl (C=O) groups is 1. The molecule has 2 unspecified atom stereocenters. The lowest BCUT2D eigenvalue weighted by Crippen LogP contribution is -2.15. The van der Waals surface area contributed by atoms with Crippen LogP contribution in [-0.2, 0) is 16.1 Å². The summed E-state index contributed by atoms with van der Waals surface area (Å²) < 4.78 is 18.0. The number of alkyl halides is 1. The van der Waals surface area contributed by atoms with Gasteiger partial charge in [-0.15, -0.1) is 0 Å². The van der Waals surface area contributed by atoms with E-state index in [1.165, 1.54) is 0 Å². The molecular formula is C13H15FO2. The minimum atomic E-state index is -0.825. The molecule has 1 aliphatic rings. The van der Waals surface area contributed by atoms with Gasteiger partial charge in [0, 0.05) is 0 Å². The molecule has 1 aromatic carbocycles. The fraction of sp³-hybridized carbons (Fsp3) is 0.462. The molecule has 1 fully saturated rings. The minimum absolute atomic E-state index is 0.237. The number of benzene rings is 1. The van der Waals surface area contributed by atoms with Crippen molar-refractivity contribution in [3.63, 3.8) is 0 Å². The monoisotopic (exact) mass is 222 g/mol. The van der Waals surface area contributed by atoms with E-state index in [9.17, 15) is 9.18 Å². The fourth-order valence-corrected chi connectivity index (χ4v) is 1.99. The van der Waals surface area contributed by atoms with Gasteiger partial charge in [0.1, 0.15) is 12.8 Å². The smallest absolute Gasteiger partial charge is 0.309 e. The molecule has 86 valence electrons. The van der Waals surface area contributed by atoms with Crippen LogP contribution in [0.5, 0.6) is 0 Å². The zero-order valence-corrected chi connectivity index (χ0v) is 9.06. The van der Waals surface area contributed by atoms with Gasteiger partial charge in [-0.05, 0) is 24.8 Å². The van der Waals surface area contributed by atoms with Crippen LogP contribution in [0.4, 0.5) is 4.39 Å². The number of halogens is 1. The van der Waals surface area contributed by atoms with Crippen LogP contribution in [0.3, 0.4) is 0 Å². The molecule has 0 saturated heterocycles. The van der Waals surface area contributed by atoms with E-state index in [0.29, 0.717) is 19.3 Å². The Morgan fingerprint density at radius 3 is 2.69 bits per heavy atom. The molecule has 0 amide bonds.